The first-order valence-electron chi connectivity index (χ1n) is 7.44. The van der Waals surface area contributed by atoms with Gasteiger partial charge in [0.25, 0.3) is 0 Å². The molecule has 0 amide bonds. The second kappa shape index (κ2) is 6.23. The van der Waals surface area contributed by atoms with Gasteiger partial charge in [-0.2, -0.15) is 0 Å². The van der Waals surface area contributed by atoms with Gasteiger partial charge in [-0.1, -0.05) is 25.3 Å². The smallest absolute Gasteiger partial charge is 0.129 e. The SMILES string of the molecule is Brc1cccc(N2CCN(C3CCCCC3)CC2)n1. The predicted octanol–water partition coefficient (Wildman–Crippen LogP) is 3.30. The highest BCUT2D eigenvalue weighted by molar-refractivity contribution is 9.10. The Labute approximate surface area is 124 Å². The van der Waals surface area contributed by atoms with E-state index in [0.29, 0.717) is 0 Å². The molecule has 0 radical (unpaired) electrons. The summed E-state index contributed by atoms with van der Waals surface area (Å²) in [6.45, 7) is 4.61. The van der Waals surface area contributed by atoms with Crippen molar-refractivity contribution in [3.63, 3.8) is 0 Å². The molecule has 0 aromatic carbocycles. The lowest BCUT2D eigenvalue weighted by molar-refractivity contribution is 0.147. The third kappa shape index (κ3) is 3.29. The van der Waals surface area contributed by atoms with Crippen molar-refractivity contribution >= 4 is 21.7 Å². The highest BCUT2D eigenvalue weighted by atomic mass is 79.9. The molecule has 0 spiro atoms. The number of piperazine rings is 1. The van der Waals surface area contributed by atoms with E-state index in [2.05, 4.69) is 42.8 Å². The molecule has 0 atom stereocenters. The number of halogens is 1. The van der Waals surface area contributed by atoms with Crippen LogP contribution in [0.5, 0.6) is 0 Å². The summed E-state index contributed by atoms with van der Waals surface area (Å²) in [6.07, 6.45) is 7.12. The summed E-state index contributed by atoms with van der Waals surface area (Å²) < 4.78 is 0.930. The maximum absolute atomic E-state index is 4.56. The van der Waals surface area contributed by atoms with Crippen molar-refractivity contribution in [2.24, 2.45) is 0 Å². The summed E-state index contributed by atoms with van der Waals surface area (Å²) in [4.78, 5) is 9.67. The van der Waals surface area contributed by atoms with Crippen LogP contribution in [0.15, 0.2) is 22.8 Å². The van der Waals surface area contributed by atoms with Gasteiger partial charge in [0.2, 0.25) is 0 Å². The number of pyridine rings is 1. The van der Waals surface area contributed by atoms with Crippen molar-refractivity contribution in [1.29, 1.82) is 0 Å². The van der Waals surface area contributed by atoms with E-state index in [1.54, 1.807) is 0 Å². The molecule has 1 aromatic heterocycles. The van der Waals surface area contributed by atoms with Crippen LogP contribution in [0.4, 0.5) is 5.82 Å². The molecule has 4 heteroatoms. The summed E-state index contributed by atoms with van der Waals surface area (Å²) in [5.74, 6) is 1.11. The Balaban J connectivity index is 1.57. The fraction of sp³-hybridized carbons (Fsp3) is 0.667. The van der Waals surface area contributed by atoms with Gasteiger partial charge in [0.05, 0.1) is 0 Å². The largest absolute Gasteiger partial charge is 0.354 e. The van der Waals surface area contributed by atoms with Crippen LogP contribution in [0.3, 0.4) is 0 Å². The lowest BCUT2D eigenvalue weighted by atomic mass is 9.94. The van der Waals surface area contributed by atoms with Crippen LogP contribution in [-0.2, 0) is 0 Å². The summed E-state index contributed by atoms with van der Waals surface area (Å²) in [7, 11) is 0. The minimum Gasteiger partial charge on any atom is -0.354 e. The molecule has 1 saturated carbocycles. The Hall–Kier alpha value is -0.610. The zero-order valence-corrected chi connectivity index (χ0v) is 13.0. The van der Waals surface area contributed by atoms with Gasteiger partial charge in [0.1, 0.15) is 10.4 Å². The number of hydrogen-bond donors (Lipinski definition) is 0. The number of nitrogens with zero attached hydrogens (tertiary/aromatic N) is 3. The Morgan fingerprint density at radius 2 is 1.74 bits per heavy atom. The van der Waals surface area contributed by atoms with Gasteiger partial charge >= 0.3 is 0 Å². The summed E-state index contributed by atoms with van der Waals surface area (Å²) >= 11 is 3.45. The van der Waals surface area contributed by atoms with Gasteiger partial charge in [0.15, 0.2) is 0 Å². The van der Waals surface area contributed by atoms with E-state index in [1.165, 1.54) is 45.2 Å². The molecular formula is C15H22BrN3. The number of anilines is 1. The maximum atomic E-state index is 4.56. The highest BCUT2D eigenvalue weighted by Gasteiger charge is 2.25. The molecule has 3 nitrogen and oxygen atoms in total. The van der Waals surface area contributed by atoms with Crippen molar-refractivity contribution in [1.82, 2.24) is 9.88 Å². The van der Waals surface area contributed by atoms with Crippen LogP contribution < -0.4 is 4.90 Å². The molecule has 104 valence electrons. The predicted molar refractivity (Wildman–Crippen MR) is 82.6 cm³/mol. The monoisotopic (exact) mass is 323 g/mol. The second-order valence-corrected chi connectivity index (χ2v) is 6.45. The third-order valence-corrected chi connectivity index (χ3v) is 4.87. The first-order chi connectivity index (χ1) is 9.33. The topological polar surface area (TPSA) is 19.4 Å². The fourth-order valence-electron chi connectivity index (χ4n) is 3.34. The zero-order chi connectivity index (χ0) is 13.1. The highest BCUT2D eigenvalue weighted by Crippen LogP contribution is 2.24. The second-order valence-electron chi connectivity index (χ2n) is 5.63. The number of aromatic nitrogens is 1. The van der Waals surface area contributed by atoms with Crippen LogP contribution in [0.2, 0.25) is 0 Å². The Morgan fingerprint density at radius 3 is 2.42 bits per heavy atom. The minimum atomic E-state index is 0.853. The third-order valence-electron chi connectivity index (χ3n) is 4.43. The molecular weight excluding hydrogens is 302 g/mol. The molecule has 3 rings (SSSR count). The van der Waals surface area contributed by atoms with Gasteiger partial charge < -0.3 is 4.90 Å². The molecule has 19 heavy (non-hydrogen) atoms. The molecule has 1 aliphatic carbocycles. The van der Waals surface area contributed by atoms with Crippen LogP contribution >= 0.6 is 15.9 Å². The first-order valence-corrected chi connectivity index (χ1v) is 8.24. The zero-order valence-electron chi connectivity index (χ0n) is 11.4. The first kappa shape index (κ1) is 13.4. The quantitative estimate of drug-likeness (QED) is 0.778. The van der Waals surface area contributed by atoms with Crippen LogP contribution in [0, 0.1) is 0 Å². The van der Waals surface area contributed by atoms with Crippen LogP contribution in [0.1, 0.15) is 32.1 Å². The van der Waals surface area contributed by atoms with Gasteiger partial charge in [-0.25, -0.2) is 4.98 Å². The van der Waals surface area contributed by atoms with Gasteiger partial charge in [0, 0.05) is 32.2 Å². The Kier molecular flexibility index (Phi) is 4.38. The van der Waals surface area contributed by atoms with Crippen LogP contribution in [0.25, 0.3) is 0 Å². The average molecular weight is 324 g/mol. The lowest BCUT2D eigenvalue weighted by Gasteiger charge is -2.41. The van der Waals surface area contributed by atoms with E-state index >= 15 is 0 Å². The van der Waals surface area contributed by atoms with E-state index in [0.717, 1.165) is 29.6 Å². The molecule has 0 N–H and O–H groups in total. The molecule has 2 heterocycles. The maximum Gasteiger partial charge on any atom is 0.129 e. The molecule has 0 unspecified atom stereocenters. The van der Waals surface area contributed by atoms with Gasteiger partial charge in [-0.3, -0.25) is 4.90 Å². The van der Waals surface area contributed by atoms with Gasteiger partial charge in [-0.05, 0) is 40.9 Å². The number of hydrogen-bond acceptors (Lipinski definition) is 3. The van der Waals surface area contributed by atoms with Crippen molar-refractivity contribution in [2.45, 2.75) is 38.1 Å². The Morgan fingerprint density at radius 1 is 1.00 bits per heavy atom. The molecule has 2 aliphatic rings. The number of rotatable bonds is 2. The summed E-state index contributed by atoms with van der Waals surface area (Å²) in [5.41, 5.74) is 0. The summed E-state index contributed by atoms with van der Waals surface area (Å²) in [5, 5.41) is 0. The van der Waals surface area contributed by atoms with E-state index in [1.807, 2.05) is 6.07 Å². The van der Waals surface area contributed by atoms with Crippen molar-refractivity contribution in [2.75, 3.05) is 31.1 Å². The minimum absolute atomic E-state index is 0.853. The van der Waals surface area contributed by atoms with Crippen molar-refractivity contribution < 1.29 is 0 Å². The lowest BCUT2D eigenvalue weighted by Crippen LogP contribution is -2.51. The van der Waals surface area contributed by atoms with Crippen molar-refractivity contribution in [3.8, 4) is 0 Å². The molecule has 1 aliphatic heterocycles. The summed E-state index contributed by atoms with van der Waals surface area (Å²) in [6, 6.07) is 7.02. The van der Waals surface area contributed by atoms with E-state index in [4.69, 9.17) is 0 Å². The average Bonchev–Trinajstić information content (AvgIpc) is 2.48. The normalized spacial score (nSPS) is 22.7. The Bertz CT molecular complexity index is 410. The molecule has 1 saturated heterocycles. The van der Waals surface area contributed by atoms with E-state index in [9.17, 15) is 0 Å². The molecule has 2 fully saturated rings. The van der Waals surface area contributed by atoms with E-state index < -0.39 is 0 Å². The van der Waals surface area contributed by atoms with E-state index in [-0.39, 0.29) is 0 Å². The molecule has 1 aromatic rings. The van der Waals surface area contributed by atoms with Gasteiger partial charge in [-0.15, -0.1) is 0 Å². The standard InChI is InChI=1S/C15H22BrN3/c16-14-7-4-8-15(17-14)19-11-9-18(10-12-19)13-5-2-1-3-6-13/h4,7-8,13H,1-3,5-6,9-12H2. The van der Waals surface area contributed by atoms with Crippen LogP contribution in [-0.4, -0.2) is 42.1 Å². The molecule has 0 bridgehead atoms. The fourth-order valence-corrected chi connectivity index (χ4v) is 3.67. The van der Waals surface area contributed by atoms with Crippen molar-refractivity contribution in [3.05, 3.63) is 22.8 Å².